The molecular formula is C22H22O3. The molecule has 0 aliphatic carbocycles. The smallest absolute Gasteiger partial charge is 0.193 e. The third-order valence-corrected chi connectivity index (χ3v) is 3.22. The molecule has 25 heavy (non-hydrogen) atoms. The highest BCUT2D eigenvalue weighted by atomic mass is 16.5. The van der Waals surface area contributed by atoms with Gasteiger partial charge in [-0.25, -0.2) is 0 Å². The van der Waals surface area contributed by atoms with E-state index in [1.54, 1.807) is 36.4 Å². The minimum atomic E-state index is -0.0914. The van der Waals surface area contributed by atoms with E-state index < -0.39 is 0 Å². The first-order valence-corrected chi connectivity index (χ1v) is 8.30. The molecule has 0 aliphatic rings. The number of ketones is 1. The molecule has 128 valence electrons. The molecule has 0 saturated heterocycles. The number of carbonyl (C=O) groups excluding carboxylic acids is 1. The van der Waals surface area contributed by atoms with Gasteiger partial charge in [0.25, 0.3) is 0 Å². The Kier molecular flexibility index (Phi) is 6.78. The molecule has 0 heterocycles. The van der Waals surface area contributed by atoms with Crippen molar-refractivity contribution in [2.75, 3.05) is 0 Å². The molecule has 0 fully saturated rings. The minimum Gasteiger partial charge on any atom is -0.508 e. The van der Waals surface area contributed by atoms with Gasteiger partial charge in [-0.2, -0.15) is 0 Å². The Hall–Kier alpha value is -3.07. The maximum absolute atomic E-state index is 12.3. The van der Waals surface area contributed by atoms with Gasteiger partial charge < -0.3 is 9.84 Å². The average molecular weight is 334 g/mol. The second-order valence-electron chi connectivity index (χ2n) is 5.52. The van der Waals surface area contributed by atoms with Crippen molar-refractivity contribution < 1.29 is 14.6 Å². The lowest BCUT2D eigenvalue weighted by atomic mass is 10.0. The Morgan fingerprint density at radius 1 is 0.760 bits per heavy atom. The summed E-state index contributed by atoms with van der Waals surface area (Å²) in [4.78, 5) is 12.3. The Balaban J connectivity index is 0.000000701. The zero-order valence-electron chi connectivity index (χ0n) is 14.5. The summed E-state index contributed by atoms with van der Waals surface area (Å²) in [6.45, 7) is 4.25. The van der Waals surface area contributed by atoms with Gasteiger partial charge in [0.2, 0.25) is 0 Å². The maximum atomic E-state index is 12.3. The van der Waals surface area contributed by atoms with Crippen molar-refractivity contribution in [3.8, 4) is 17.2 Å². The molecule has 0 bridgehead atoms. The summed E-state index contributed by atoms with van der Waals surface area (Å²) >= 11 is 0. The Morgan fingerprint density at radius 2 is 1.20 bits per heavy atom. The molecule has 0 aliphatic heterocycles. The molecule has 0 saturated carbocycles. The first-order valence-electron chi connectivity index (χ1n) is 8.30. The number of aromatic hydroxyl groups is 1. The molecule has 3 nitrogen and oxygen atoms in total. The van der Waals surface area contributed by atoms with Crippen molar-refractivity contribution in [3.05, 3.63) is 90.0 Å². The predicted octanol–water partition coefficient (Wildman–Crippen LogP) is 5.83. The summed E-state index contributed by atoms with van der Waals surface area (Å²) in [6.07, 6.45) is 1.25. The van der Waals surface area contributed by atoms with Gasteiger partial charge >= 0.3 is 0 Å². The topological polar surface area (TPSA) is 46.5 Å². The summed E-state index contributed by atoms with van der Waals surface area (Å²) in [7, 11) is 0. The lowest BCUT2D eigenvalue weighted by molar-refractivity contribution is 0.103. The Bertz CT molecular complexity index is 776. The van der Waals surface area contributed by atoms with Gasteiger partial charge in [0, 0.05) is 11.1 Å². The van der Waals surface area contributed by atoms with Crippen molar-refractivity contribution in [2.24, 2.45) is 0 Å². The van der Waals surface area contributed by atoms with Crippen LogP contribution in [0.25, 0.3) is 0 Å². The molecular weight excluding hydrogens is 312 g/mol. The number of carbonyl (C=O) groups is 1. The van der Waals surface area contributed by atoms with E-state index in [-0.39, 0.29) is 11.5 Å². The van der Waals surface area contributed by atoms with Crippen LogP contribution in [0.15, 0.2) is 78.9 Å². The number of hydrogen-bond acceptors (Lipinski definition) is 3. The highest BCUT2D eigenvalue weighted by Gasteiger charge is 2.09. The normalized spacial score (nSPS) is 9.68. The van der Waals surface area contributed by atoms with Crippen molar-refractivity contribution in [2.45, 2.75) is 20.3 Å². The summed E-state index contributed by atoms with van der Waals surface area (Å²) in [5.74, 6) is 1.47. The van der Waals surface area contributed by atoms with Crippen LogP contribution >= 0.6 is 0 Å². The van der Waals surface area contributed by atoms with E-state index in [9.17, 15) is 9.90 Å². The lowest BCUT2D eigenvalue weighted by Crippen LogP contribution is -2.00. The summed E-state index contributed by atoms with van der Waals surface area (Å²) in [5, 5.41) is 9.26. The molecule has 0 atom stereocenters. The van der Waals surface area contributed by atoms with Gasteiger partial charge in [-0.05, 0) is 60.7 Å². The molecule has 3 aromatic rings. The second-order valence-corrected chi connectivity index (χ2v) is 5.52. The van der Waals surface area contributed by atoms with Gasteiger partial charge in [0.1, 0.15) is 17.2 Å². The van der Waals surface area contributed by atoms with Crippen LogP contribution in [0.3, 0.4) is 0 Å². The van der Waals surface area contributed by atoms with E-state index in [1.807, 2.05) is 30.3 Å². The first-order chi connectivity index (χ1) is 12.1. The zero-order valence-corrected chi connectivity index (χ0v) is 14.5. The fourth-order valence-electron chi connectivity index (χ4n) is 2.08. The van der Waals surface area contributed by atoms with E-state index in [1.165, 1.54) is 18.6 Å². The molecule has 0 aromatic heterocycles. The summed E-state index contributed by atoms with van der Waals surface area (Å²) in [6, 6.07) is 22.7. The number of para-hydroxylation sites is 1. The number of ether oxygens (including phenoxy) is 1. The highest BCUT2D eigenvalue weighted by Crippen LogP contribution is 2.22. The molecule has 0 radical (unpaired) electrons. The van der Waals surface area contributed by atoms with Gasteiger partial charge in [-0.15, -0.1) is 0 Å². The number of rotatable bonds is 4. The van der Waals surface area contributed by atoms with Crippen LogP contribution in [0.1, 0.15) is 36.2 Å². The predicted molar refractivity (Wildman–Crippen MR) is 100 cm³/mol. The number of benzene rings is 3. The Morgan fingerprint density at radius 3 is 1.72 bits per heavy atom. The third-order valence-electron chi connectivity index (χ3n) is 3.22. The fraction of sp³-hybridized carbons (Fsp3) is 0.136. The van der Waals surface area contributed by atoms with E-state index >= 15 is 0 Å². The van der Waals surface area contributed by atoms with Gasteiger partial charge in [-0.3, -0.25) is 4.79 Å². The highest BCUT2D eigenvalue weighted by molar-refractivity contribution is 6.09. The van der Waals surface area contributed by atoms with Crippen LogP contribution in [0.4, 0.5) is 0 Å². The maximum Gasteiger partial charge on any atom is 0.193 e. The quantitative estimate of drug-likeness (QED) is 0.610. The number of phenols is 1. The van der Waals surface area contributed by atoms with Crippen molar-refractivity contribution in [1.29, 1.82) is 0 Å². The third kappa shape index (κ3) is 5.50. The standard InChI is InChI=1S/C19H14O3.C3H8/c20-16-10-6-14(7-11-16)19(21)15-8-12-18(13-9-15)22-17-4-2-1-3-5-17;1-3-2/h1-13,20H;3H2,1-2H3. The molecule has 0 amide bonds. The van der Waals surface area contributed by atoms with Crippen molar-refractivity contribution in [1.82, 2.24) is 0 Å². The molecule has 3 rings (SSSR count). The monoisotopic (exact) mass is 334 g/mol. The van der Waals surface area contributed by atoms with Crippen LogP contribution in [-0.2, 0) is 0 Å². The molecule has 0 spiro atoms. The van der Waals surface area contributed by atoms with Crippen LogP contribution in [0, 0.1) is 0 Å². The van der Waals surface area contributed by atoms with Crippen LogP contribution in [0.5, 0.6) is 17.2 Å². The van der Waals surface area contributed by atoms with Crippen LogP contribution < -0.4 is 4.74 Å². The minimum absolute atomic E-state index is 0.0914. The van der Waals surface area contributed by atoms with E-state index in [4.69, 9.17) is 4.74 Å². The summed E-state index contributed by atoms with van der Waals surface area (Å²) < 4.78 is 5.69. The zero-order chi connectivity index (χ0) is 18.1. The van der Waals surface area contributed by atoms with E-state index in [0.29, 0.717) is 16.9 Å². The fourth-order valence-corrected chi connectivity index (χ4v) is 2.08. The number of hydrogen-bond donors (Lipinski definition) is 1. The molecule has 0 unspecified atom stereocenters. The molecule has 1 N–H and O–H groups in total. The van der Waals surface area contributed by atoms with Crippen LogP contribution in [0.2, 0.25) is 0 Å². The van der Waals surface area contributed by atoms with E-state index in [2.05, 4.69) is 13.8 Å². The average Bonchev–Trinajstić information content (AvgIpc) is 2.64. The van der Waals surface area contributed by atoms with Gasteiger partial charge in [0.05, 0.1) is 0 Å². The van der Waals surface area contributed by atoms with E-state index in [0.717, 1.165) is 5.75 Å². The first kappa shape index (κ1) is 18.3. The largest absolute Gasteiger partial charge is 0.508 e. The van der Waals surface area contributed by atoms with Gasteiger partial charge in [0.15, 0.2) is 5.78 Å². The molecule has 3 aromatic carbocycles. The van der Waals surface area contributed by atoms with Crippen molar-refractivity contribution in [3.63, 3.8) is 0 Å². The number of phenolic OH excluding ortho intramolecular Hbond substituents is 1. The molecule has 3 heteroatoms. The SMILES string of the molecule is CCC.O=C(c1ccc(O)cc1)c1ccc(Oc2ccccc2)cc1. The lowest BCUT2D eigenvalue weighted by Gasteiger charge is -2.06. The van der Waals surface area contributed by atoms with Crippen LogP contribution in [-0.4, -0.2) is 10.9 Å². The second kappa shape index (κ2) is 9.28. The summed E-state index contributed by atoms with van der Waals surface area (Å²) in [5.41, 5.74) is 1.11. The van der Waals surface area contributed by atoms with Gasteiger partial charge in [-0.1, -0.05) is 38.5 Å². The van der Waals surface area contributed by atoms with Crippen molar-refractivity contribution >= 4 is 5.78 Å². The Labute approximate surface area is 148 Å².